The van der Waals surface area contributed by atoms with Crippen molar-refractivity contribution in [1.29, 1.82) is 0 Å². The maximum atomic E-state index is 6.02. The first kappa shape index (κ1) is 13.6. The first-order chi connectivity index (χ1) is 9.15. The molecule has 0 aromatic carbocycles. The van der Waals surface area contributed by atoms with E-state index in [0.29, 0.717) is 0 Å². The van der Waals surface area contributed by atoms with Crippen molar-refractivity contribution >= 4 is 17.4 Å². The van der Waals surface area contributed by atoms with Gasteiger partial charge in [-0.05, 0) is 54.4 Å². The van der Waals surface area contributed by atoms with E-state index in [4.69, 9.17) is 11.5 Å². The van der Waals surface area contributed by atoms with Crippen LogP contribution in [-0.4, -0.2) is 12.1 Å². The summed E-state index contributed by atoms with van der Waals surface area (Å²) in [6.07, 6.45) is 12.1. The molecule has 2 rings (SSSR count). The number of dihydropyridines is 1. The van der Waals surface area contributed by atoms with Crippen LogP contribution in [0.1, 0.15) is 11.8 Å². The SMILES string of the molecule is CC(N)/C=C(\N)C1C=C(/C=C/c2cccs2)C=CN1. The third-order valence-electron chi connectivity index (χ3n) is 2.71. The Hall–Kier alpha value is -1.78. The predicted molar refractivity (Wildman–Crippen MR) is 83.4 cm³/mol. The van der Waals surface area contributed by atoms with Crippen LogP contribution in [0.3, 0.4) is 0 Å². The first-order valence-electron chi connectivity index (χ1n) is 6.24. The molecule has 1 aromatic heterocycles. The third-order valence-corrected chi connectivity index (χ3v) is 3.55. The number of rotatable bonds is 4. The van der Waals surface area contributed by atoms with Gasteiger partial charge in [-0.25, -0.2) is 0 Å². The van der Waals surface area contributed by atoms with E-state index >= 15 is 0 Å². The van der Waals surface area contributed by atoms with Gasteiger partial charge in [0.25, 0.3) is 0 Å². The van der Waals surface area contributed by atoms with E-state index in [9.17, 15) is 0 Å². The molecule has 0 saturated carbocycles. The average Bonchev–Trinajstić information content (AvgIpc) is 2.89. The fourth-order valence-electron chi connectivity index (χ4n) is 1.82. The molecule has 100 valence electrons. The van der Waals surface area contributed by atoms with Crippen molar-refractivity contribution in [2.75, 3.05) is 0 Å². The summed E-state index contributed by atoms with van der Waals surface area (Å²) in [5, 5.41) is 5.28. The molecule has 3 nitrogen and oxygen atoms in total. The van der Waals surface area contributed by atoms with Crippen LogP contribution in [0.15, 0.2) is 59.3 Å². The maximum Gasteiger partial charge on any atom is 0.0843 e. The van der Waals surface area contributed by atoms with Crippen molar-refractivity contribution in [2.24, 2.45) is 11.5 Å². The van der Waals surface area contributed by atoms with Gasteiger partial charge < -0.3 is 16.8 Å². The highest BCUT2D eigenvalue weighted by Gasteiger charge is 2.10. The zero-order valence-corrected chi connectivity index (χ0v) is 11.7. The minimum atomic E-state index is -0.0359. The molecule has 1 aliphatic heterocycles. The Morgan fingerprint density at radius 1 is 1.47 bits per heavy atom. The summed E-state index contributed by atoms with van der Waals surface area (Å²) < 4.78 is 0. The van der Waals surface area contributed by atoms with Crippen LogP contribution < -0.4 is 16.8 Å². The first-order valence-corrected chi connectivity index (χ1v) is 7.12. The van der Waals surface area contributed by atoms with Crippen LogP contribution in [0, 0.1) is 0 Å². The molecular weight excluding hydrogens is 254 g/mol. The molecule has 5 N–H and O–H groups in total. The molecule has 0 bridgehead atoms. The third kappa shape index (κ3) is 4.12. The zero-order valence-electron chi connectivity index (χ0n) is 10.9. The highest BCUT2D eigenvalue weighted by molar-refractivity contribution is 7.10. The van der Waals surface area contributed by atoms with Gasteiger partial charge >= 0.3 is 0 Å². The van der Waals surface area contributed by atoms with E-state index in [1.165, 1.54) is 4.88 Å². The van der Waals surface area contributed by atoms with Crippen LogP contribution in [0.2, 0.25) is 0 Å². The van der Waals surface area contributed by atoms with Crippen molar-refractivity contribution in [2.45, 2.75) is 19.0 Å². The highest BCUT2D eigenvalue weighted by Crippen LogP contribution is 2.15. The Balaban J connectivity index is 2.09. The molecule has 1 aromatic rings. The standard InChI is InChI=1S/C15H19N3S/c1-11(16)9-14(17)15-10-12(6-7-18-15)4-5-13-3-2-8-19-13/h2-11,15,18H,16-17H2,1H3/b5-4+,14-9-. The summed E-state index contributed by atoms with van der Waals surface area (Å²) in [5.41, 5.74) is 13.6. The van der Waals surface area contributed by atoms with Crippen LogP contribution >= 0.6 is 11.3 Å². The monoisotopic (exact) mass is 273 g/mol. The van der Waals surface area contributed by atoms with E-state index in [-0.39, 0.29) is 12.1 Å². The molecule has 2 unspecified atom stereocenters. The zero-order chi connectivity index (χ0) is 13.7. The van der Waals surface area contributed by atoms with Gasteiger partial charge in [-0.3, -0.25) is 0 Å². The number of hydrogen-bond acceptors (Lipinski definition) is 4. The van der Waals surface area contributed by atoms with Crippen LogP contribution in [-0.2, 0) is 0 Å². The number of nitrogens with two attached hydrogens (primary N) is 2. The van der Waals surface area contributed by atoms with Crippen molar-refractivity contribution in [3.8, 4) is 0 Å². The highest BCUT2D eigenvalue weighted by atomic mass is 32.1. The Labute approximate surface area is 118 Å². The van der Waals surface area contributed by atoms with Crippen molar-refractivity contribution < 1.29 is 0 Å². The number of nitrogens with one attached hydrogen (secondary N) is 1. The van der Waals surface area contributed by atoms with Gasteiger partial charge in [0.1, 0.15) is 0 Å². The van der Waals surface area contributed by atoms with Crippen LogP contribution in [0.4, 0.5) is 0 Å². The quantitative estimate of drug-likeness (QED) is 0.789. The molecule has 4 heteroatoms. The Kier molecular flexibility index (Phi) is 4.60. The lowest BCUT2D eigenvalue weighted by molar-refractivity contribution is 0.755. The van der Waals surface area contributed by atoms with Gasteiger partial charge in [-0.15, -0.1) is 11.3 Å². The summed E-state index contributed by atoms with van der Waals surface area (Å²) in [6, 6.07) is 4.11. The summed E-state index contributed by atoms with van der Waals surface area (Å²) in [5.74, 6) is 0. The number of hydrogen-bond donors (Lipinski definition) is 3. The molecular formula is C15H19N3S. The van der Waals surface area contributed by atoms with E-state index in [2.05, 4.69) is 35.0 Å². The normalized spacial score (nSPS) is 21.3. The van der Waals surface area contributed by atoms with E-state index in [1.807, 2.05) is 31.3 Å². The lowest BCUT2D eigenvalue weighted by Crippen LogP contribution is -2.32. The van der Waals surface area contributed by atoms with Gasteiger partial charge in [0.05, 0.1) is 6.04 Å². The minimum absolute atomic E-state index is 0.0129. The van der Waals surface area contributed by atoms with Gasteiger partial charge in [0.15, 0.2) is 0 Å². The fourth-order valence-corrected chi connectivity index (χ4v) is 2.44. The molecule has 2 heterocycles. The second kappa shape index (κ2) is 6.41. The topological polar surface area (TPSA) is 64.1 Å². The predicted octanol–water partition coefficient (Wildman–Crippen LogP) is 2.36. The lowest BCUT2D eigenvalue weighted by atomic mass is 10.0. The molecule has 0 spiro atoms. The second-order valence-corrected chi connectivity index (χ2v) is 5.50. The Morgan fingerprint density at radius 3 is 3.00 bits per heavy atom. The Bertz CT molecular complexity index is 522. The molecule has 0 amide bonds. The molecule has 0 fully saturated rings. The van der Waals surface area contributed by atoms with Gasteiger partial charge in [-0.2, -0.15) is 0 Å². The second-order valence-electron chi connectivity index (χ2n) is 4.52. The molecule has 1 aliphatic rings. The number of allylic oxidation sites excluding steroid dienone is 3. The molecule has 0 aliphatic carbocycles. The summed E-state index contributed by atoms with van der Waals surface area (Å²) in [7, 11) is 0. The van der Waals surface area contributed by atoms with Crippen molar-refractivity contribution in [1.82, 2.24) is 5.32 Å². The minimum Gasteiger partial charge on any atom is -0.400 e. The van der Waals surface area contributed by atoms with Crippen LogP contribution in [0.5, 0.6) is 0 Å². The van der Waals surface area contributed by atoms with Gasteiger partial charge in [0.2, 0.25) is 0 Å². The molecule has 0 saturated heterocycles. The average molecular weight is 273 g/mol. The molecule has 0 radical (unpaired) electrons. The largest absolute Gasteiger partial charge is 0.400 e. The fraction of sp³-hybridized carbons (Fsp3) is 0.200. The van der Waals surface area contributed by atoms with E-state index < -0.39 is 0 Å². The van der Waals surface area contributed by atoms with Crippen molar-refractivity contribution in [3.63, 3.8) is 0 Å². The Morgan fingerprint density at radius 2 is 2.32 bits per heavy atom. The van der Waals surface area contributed by atoms with Crippen molar-refractivity contribution in [3.05, 3.63) is 64.2 Å². The summed E-state index contributed by atoms with van der Waals surface area (Å²) in [4.78, 5) is 1.24. The smallest absolute Gasteiger partial charge is 0.0843 e. The van der Waals surface area contributed by atoms with E-state index in [1.54, 1.807) is 11.3 Å². The van der Waals surface area contributed by atoms with Gasteiger partial charge in [-0.1, -0.05) is 12.1 Å². The van der Waals surface area contributed by atoms with Gasteiger partial charge in [0, 0.05) is 16.6 Å². The molecule has 19 heavy (non-hydrogen) atoms. The lowest BCUT2D eigenvalue weighted by Gasteiger charge is -2.19. The molecule has 2 atom stereocenters. The van der Waals surface area contributed by atoms with Crippen LogP contribution in [0.25, 0.3) is 6.08 Å². The summed E-state index contributed by atoms with van der Waals surface area (Å²) >= 11 is 1.72. The maximum absolute atomic E-state index is 6.02. The number of thiophene rings is 1. The summed E-state index contributed by atoms with van der Waals surface area (Å²) in [6.45, 7) is 1.91. The van der Waals surface area contributed by atoms with E-state index in [0.717, 1.165) is 11.3 Å².